The predicted octanol–water partition coefficient (Wildman–Crippen LogP) is 5.79. The Balaban J connectivity index is 1.96. The van der Waals surface area contributed by atoms with E-state index in [0.29, 0.717) is 0 Å². The molecule has 1 aromatic heterocycles. The van der Waals surface area contributed by atoms with Gasteiger partial charge in [0.1, 0.15) is 5.82 Å². The van der Waals surface area contributed by atoms with Crippen molar-refractivity contribution in [1.82, 2.24) is 4.98 Å². The number of rotatable bonds is 1. The third kappa shape index (κ3) is 1.75. The minimum absolute atomic E-state index is 0.313. The third-order valence-electron chi connectivity index (χ3n) is 4.53. The van der Waals surface area contributed by atoms with Gasteiger partial charge in [-0.05, 0) is 44.5 Å². The van der Waals surface area contributed by atoms with Gasteiger partial charge < -0.3 is 0 Å². The Labute approximate surface area is 132 Å². The van der Waals surface area contributed by atoms with E-state index in [1.807, 2.05) is 0 Å². The van der Waals surface area contributed by atoms with E-state index in [4.69, 9.17) is 0 Å². The summed E-state index contributed by atoms with van der Waals surface area (Å²) >= 11 is 0. The molecule has 0 spiro atoms. The Morgan fingerprint density at radius 3 is 2.09 bits per heavy atom. The lowest BCUT2D eigenvalue weighted by Gasteiger charge is -2.13. The second-order valence-corrected chi connectivity index (χ2v) is 5.83. The van der Waals surface area contributed by atoms with Crippen LogP contribution in [0.3, 0.4) is 0 Å². The predicted molar refractivity (Wildman–Crippen MR) is 93.3 cm³/mol. The molecule has 0 N–H and O–H groups in total. The molecule has 0 fully saturated rings. The second kappa shape index (κ2) is 4.50. The van der Waals surface area contributed by atoms with Gasteiger partial charge in [0.15, 0.2) is 0 Å². The number of hydrogen-bond donors (Lipinski definition) is 0. The van der Waals surface area contributed by atoms with Crippen molar-refractivity contribution < 1.29 is 4.39 Å². The van der Waals surface area contributed by atoms with Crippen molar-refractivity contribution in [2.75, 3.05) is 0 Å². The van der Waals surface area contributed by atoms with Crippen LogP contribution in [0.2, 0.25) is 0 Å². The average Bonchev–Trinajstić information content (AvgIpc) is 2.60. The van der Waals surface area contributed by atoms with Gasteiger partial charge in [0.2, 0.25) is 0 Å². The second-order valence-electron chi connectivity index (χ2n) is 5.83. The van der Waals surface area contributed by atoms with E-state index in [1.165, 1.54) is 39.2 Å². The highest BCUT2D eigenvalue weighted by molar-refractivity contribution is 6.25. The highest BCUT2D eigenvalue weighted by Gasteiger charge is 2.12. The number of nitrogens with zero attached hydrogens (tertiary/aromatic N) is 1. The molecule has 2 heteroatoms. The molecule has 0 bridgehead atoms. The van der Waals surface area contributed by atoms with Gasteiger partial charge in [0.25, 0.3) is 0 Å². The zero-order valence-electron chi connectivity index (χ0n) is 12.3. The molecule has 108 valence electrons. The standard InChI is InChI=1S/C21H12FN/c22-16-8-11-19(23-12-16)17-9-6-15-5-4-13-2-1-3-14-7-10-18(17)21(15)20(13)14/h1-12H. The van der Waals surface area contributed by atoms with Crippen molar-refractivity contribution in [3.8, 4) is 11.3 Å². The fourth-order valence-corrected chi connectivity index (χ4v) is 3.49. The summed E-state index contributed by atoms with van der Waals surface area (Å²) in [4.78, 5) is 4.26. The number of hydrogen-bond acceptors (Lipinski definition) is 1. The largest absolute Gasteiger partial charge is 0.253 e. The Hall–Kier alpha value is -3.00. The van der Waals surface area contributed by atoms with Gasteiger partial charge >= 0.3 is 0 Å². The quantitative estimate of drug-likeness (QED) is 0.357. The summed E-state index contributed by atoms with van der Waals surface area (Å²) in [7, 11) is 0. The fourth-order valence-electron chi connectivity index (χ4n) is 3.49. The molecular weight excluding hydrogens is 285 g/mol. The molecule has 1 heterocycles. The van der Waals surface area contributed by atoms with E-state index < -0.39 is 0 Å². The number of benzene rings is 4. The lowest BCUT2D eigenvalue weighted by molar-refractivity contribution is 0.622. The van der Waals surface area contributed by atoms with Crippen LogP contribution < -0.4 is 0 Å². The van der Waals surface area contributed by atoms with Crippen molar-refractivity contribution in [3.63, 3.8) is 0 Å². The maximum absolute atomic E-state index is 13.2. The molecule has 23 heavy (non-hydrogen) atoms. The van der Waals surface area contributed by atoms with Gasteiger partial charge in [0, 0.05) is 5.56 Å². The van der Waals surface area contributed by atoms with Crippen LogP contribution >= 0.6 is 0 Å². The maximum atomic E-state index is 13.2. The van der Waals surface area contributed by atoms with Gasteiger partial charge in [-0.2, -0.15) is 0 Å². The monoisotopic (exact) mass is 297 g/mol. The SMILES string of the molecule is Fc1ccc(-c2ccc3ccc4cccc5ccc2c3c45)nc1. The van der Waals surface area contributed by atoms with E-state index in [-0.39, 0.29) is 5.82 Å². The molecule has 0 aliphatic heterocycles. The van der Waals surface area contributed by atoms with Gasteiger partial charge in [-0.15, -0.1) is 0 Å². The molecule has 0 unspecified atom stereocenters. The van der Waals surface area contributed by atoms with Crippen molar-refractivity contribution in [2.24, 2.45) is 0 Å². The topological polar surface area (TPSA) is 12.9 Å². The first-order valence-corrected chi connectivity index (χ1v) is 7.60. The highest BCUT2D eigenvalue weighted by atomic mass is 19.1. The van der Waals surface area contributed by atoms with Crippen LogP contribution in [0.5, 0.6) is 0 Å². The van der Waals surface area contributed by atoms with Crippen LogP contribution in [0.15, 0.2) is 72.9 Å². The fraction of sp³-hybridized carbons (Fsp3) is 0. The van der Waals surface area contributed by atoms with Crippen LogP contribution in [0.25, 0.3) is 43.6 Å². The number of aromatic nitrogens is 1. The Kier molecular flexibility index (Phi) is 2.45. The summed E-state index contributed by atoms with van der Waals surface area (Å²) in [6, 6.07) is 22.4. The third-order valence-corrected chi connectivity index (χ3v) is 4.53. The van der Waals surface area contributed by atoms with Gasteiger partial charge in [-0.1, -0.05) is 54.6 Å². The van der Waals surface area contributed by atoms with E-state index >= 15 is 0 Å². The first kappa shape index (κ1) is 12.5. The van der Waals surface area contributed by atoms with Crippen molar-refractivity contribution in [1.29, 1.82) is 0 Å². The van der Waals surface area contributed by atoms with Crippen LogP contribution in [0.1, 0.15) is 0 Å². The molecule has 5 rings (SSSR count). The number of halogens is 1. The molecule has 0 saturated heterocycles. The molecule has 5 aromatic rings. The summed E-state index contributed by atoms with van der Waals surface area (Å²) in [6.45, 7) is 0. The smallest absolute Gasteiger partial charge is 0.141 e. The molecule has 0 amide bonds. The summed E-state index contributed by atoms with van der Waals surface area (Å²) < 4.78 is 13.2. The molecule has 1 nitrogen and oxygen atoms in total. The number of pyridine rings is 1. The first-order valence-electron chi connectivity index (χ1n) is 7.60. The van der Waals surface area contributed by atoms with Crippen molar-refractivity contribution >= 4 is 32.3 Å². The van der Waals surface area contributed by atoms with E-state index in [9.17, 15) is 4.39 Å². The maximum Gasteiger partial charge on any atom is 0.141 e. The molecule has 4 aromatic carbocycles. The summed E-state index contributed by atoms with van der Waals surface area (Å²) in [6.07, 6.45) is 1.27. The zero-order chi connectivity index (χ0) is 15.4. The van der Waals surface area contributed by atoms with E-state index in [0.717, 1.165) is 16.6 Å². The summed E-state index contributed by atoms with van der Waals surface area (Å²) in [5.74, 6) is -0.313. The summed E-state index contributed by atoms with van der Waals surface area (Å²) in [5, 5.41) is 7.39. The Bertz CT molecular complexity index is 1140. The van der Waals surface area contributed by atoms with Crippen molar-refractivity contribution in [2.45, 2.75) is 0 Å². The molecular formula is C21H12FN. The van der Waals surface area contributed by atoms with E-state index in [1.54, 1.807) is 6.07 Å². The minimum atomic E-state index is -0.313. The van der Waals surface area contributed by atoms with Gasteiger partial charge in [0.05, 0.1) is 11.9 Å². The molecule has 0 saturated carbocycles. The van der Waals surface area contributed by atoms with E-state index in [2.05, 4.69) is 59.6 Å². The molecule has 0 radical (unpaired) electrons. The molecule has 0 aliphatic carbocycles. The van der Waals surface area contributed by atoms with Crippen LogP contribution in [-0.2, 0) is 0 Å². The highest BCUT2D eigenvalue weighted by Crippen LogP contribution is 2.38. The average molecular weight is 297 g/mol. The summed E-state index contributed by atoms with van der Waals surface area (Å²) in [5.41, 5.74) is 1.83. The molecule has 0 aliphatic rings. The minimum Gasteiger partial charge on any atom is -0.253 e. The van der Waals surface area contributed by atoms with Crippen LogP contribution in [0, 0.1) is 5.82 Å². The lowest BCUT2D eigenvalue weighted by atomic mass is 9.91. The Morgan fingerprint density at radius 1 is 0.652 bits per heavy atom. The Morgan fingerprint density at radius 2 is 1.35 bits per heavy atom. The zero-order valence-corrected chi connectivity index (χ0v) is 12.3. The van der Waals surface area contributed by atoms with Crippen molar-refractivity contribution in [3.05, 3.63) is 78.7 Å². The van der Waals surface area contributed by atoms with Crippen LogP contribution in [0.4, 0.5) is 4.39 Å². The lowest BCUT2D eigenvalue weighted by Crippen LogP contribution is -1.89. The first-order chi connectivity index (χ1) is 11.3. The van der Waals surface area contributed by atoms with Gasteiger partial charge in [-0.3, -0.25) is 4.98 Å². The normalized spacial score (nSPS) is 11.7. The molecule has 0 atom stereocenters. The van der Waals surface area contributed by atoms with Gasteiger partial charge in [-0.25, -0.2) is 4.39 Å². The van der Waals surface area contributed by atoms with Crippen LogP contribution in [-0.4, -0.2) is 4.98 Å².